The van der Waals surface area contributed by atoms with Crippen molar-refractivity contribution in [1.29, 1.82) is 0 Å². The molecular weight excluding hydrogens is 754 g/mol. The van der Waals surface area contributed by atoms with E-state index in [9.17, 15) is 0 Å². The number of hydrogen-bond acceptors (Lipinski definition) is 4. The van der Waals surface area contributed by atoms with Gasteiger partial charge in [-0.15, -0.1) is 0 Å². The first-order valence-electron chi connectivity index (χ1n) is 17.8. The molecule has 0 bridgehead atoms. The van der Waals surface area contributed by atoms with E-state index in [1.54, 1.807) is 0 Å². The SMILES string of the molecule is Cc1ccccc1C1(c2ccccc2C)OC(CC2=N[C@H](c3ccccc3)C(c3ccccc3C)(c3ccccc3C)O2)=N[C@@H]1c1ccccc1.[Cl-].[Cl-].[Ni+2]. The van der Waals surface area contributed by atoms with Crippen LogP contribution in [-0.2, 0) is 37.2 Å². The quantitative estimate of drug-likeness (QED) is 0.207. The summed E-state index contributed by atoms with van der Waals surface area (Å²) >= 11 is 0. The molecule has 0 radical (unpaired) electrons. The first-order chi connectivity index (χ1) is 24.9. The van der Waals surface area contributed by atoms with Crippen LogP contribution in [-0.4, -0.2) is 11.8 Å². The molecule has 6 aromatic carbocycles. The molecule has 2 atom stereocenters. The molecule has 0 saturated carbocycles. The number of nitrogens with zero attached hydrogens (tertiary/aromatic N) is 2. The molecule has 6 aromatic rings. The second-order valence-corrected chi connectivity index (χ2v) is 13.8. The molecule has 7 heteroatoms. The molecule has 2 heterocycles. The maximum atomic E-state index is 7.37. The molecule has 0 aromatic heterocycles. The molecule has 8 rings (SSSR count). The number of rotatable bonds is 8. The Kier molecular flexibility index (Phi) is 12.6. The standard InChI is InChI=1S/C47H42N2O2.2ClH.Ni/c1-32-19-11-15-27-38(32)46(39-28-16-12-20-33(39)2)44(36-23-7-5-8-24-36)48-42(50-46)31-43-49-45(37-25-9-6-10-26-37)47(51-43,40-29-17-13-21-34(40)3)41-30-18-14-22-35(41)4;;;/h5-30,44-45H,31H2,1-4H3;2*1H;/q;;;+2/p-2/t44-,45-;;;/m1.../s1. The van der Waals surface area contributed by atoms with Crippen molar-refractivity contribution in [2.75, 3.05) is 0 Å². The van der Waals surface area contributed by atoms with Crippen LogP contribution in [0.5, 0.6) is 0 Å². The molecule has 4 nitrogen and oxygen atoms in total. The molecule has 0 fully saturated rings. The van der Waals surface area contributed by atoms with Crippen molar-refractivity contribution in [2.45, 2.75) is 57.4 Å². The van der Waals surface area contributed by atoms with Crippen molar-refractivity contribution in [3.63, 3.8) is 0 Å². The van der Waals surface area contributed by atoms with Crippen LogP contribution < -0.4 is 24.8 Å². The van der Waals surface area contributed by atoms with Crippen molar-refractivity contribution in [3.8, 4) is 0 Å². The Morgan fingerprint density at radius 3 is 0.944 bits per heavy atom. The summed E-state index contributed by atoms with van der Waals surface area (Å²) in [5.41, 5.74) is 9.36. The van der Waals surface area contributed by atoms with Crippen molar-refractivity contribution in [1.82, 2.24) is 0 Å². The van der Waals surface area contributed by atoms with Gasteiger partial charge in [-0.25, -0.2) is 9.98 Å². The van der Waals surface area contributed by atoms with Gasteiger partial charge in [0.25, 0.3) is 0 Å². The van der Waals surface area contributed by atoms with E-state index in [4.69, 9.17) is 19.5 Å². The van der Waals surface area contributed by atoms with Crippen LogP contribution in [0.3, 0.4) is 0 Å². The average molecular weight is 796 g/mol. The normalized spacial score (nSPS) is 17.7. The molecule has 0 N–H and O–H groups in total. The van der Waals surface area contributed by atoms with Gasteiger partial charge >= 0.3 is 16.5 Å². The van der Waals surface area contributed by atoms with Crippen LogP contribution in [0.2, 0.25) is 0 Å². The fraction of sp³-hybridized carbons (Fsp3) is 0.191. The van der Waals surface area contributed by atoms with Crippen LogP contribution in [0, 0.1) is 27.7 Å². The van der Waals surface area contributed by atoms with Gasteiger partial charge in [-0.05, 0) is 61.1 Å². The summed E-state index contributed by atoms with van der Waals surface area (Å²) < 4.78 is 14.7. The first kappa shape index (κ1) is 40.5. The van der Waals surface area contributed by atoms with Crippen molar-refractivity contribution >= 4 is 11.8 Å². The second-order valence-electron chi connectivity index (χ2n) is 13.8. The predicted molar refractivity (Wildman–Crippen MR) is 206 cm³/mol. The molecule has 0 unspecified atom stereocenters. The fourth-order valence-electron chi connectivity index (χ4n) is 8.25. The topological polar surface area (TPSA) is 43.2 Å². The second kappa shape index (κ2) is 16.8. The van der Waals surface area contributed by atoms with Gasteiger partial charge in [0.15, 0.2) is 23.0 Å². The van der Waals surface area contributed by atoms with Gasteiger partial charge < -0.3 is 34.3 Å². The predicted octanol–water partition coefficient (Wildman–Crippen LogP) is 4.84. The van der Waals surface area contributed by atoms with Crippen molar-refractivity contribution in [3.05, 3.63) is 213 Å². The maximum Gasteiger partial charge on any atom is 2.00 e. The van der Waals surface area contributed by atoms with E-state index in [0.29, 0.717) is 18.2 Å². The number of ether oxygens (including phenoxy) is 2. The van der Waals surface area contributed by atoms with E-state index < -0.39 is 11.2 Å². The van der Waals surface area contributed by atoms with Crippen molar-refractivity contribution in [2.24, 2.45) is 9.98 Å². The van der Waals surface area contributed by atoms with Gasteiger partial charge in [0.05, 0.1) is 6.42 Å². The van der Waals surface area contributed by atoms with Crippen molar-refractivity contribution < 1.29 is 50.8 Å². The number of aliphatic imine (C=N–C) groups is 2. The molecule has 276 valence electrons. The maximum absolute atomic E-state index is 7.37. The van der Waals surface area contributed by atoms with Gasteiger partial charge in [-0.1, -0.05) is 158 Å². The molecule has 0 spiro atoms. The fourth-order valence-corrected chi connectivity index (χ4v) is 8.25. The zero-order chi connectivity index (χ0) is 35.0. The Labute approximate surface area is 341 Å². The number of aryl methyl sites for hydroxylation is 4. The van der Waals surface area contributed by atoms with E-state index in [-0.39, 0.29) is 53.4 Å². The third-order valence-corrected chi connectivity index (χ3v) is 10.6. The van der Waals surface area contributed by atoms with Crippen LogP contribution in [0.15, 0.2) is 168 Å². The molecular formula is C47H42Cl2N2NiO2. The Balaban J connectivity index is 0.00000187. The number of benzene rings is 6. The Hall–Kier alpha value is -4.67. The number of hydrogen-bond donors (Lipinski definition) is 0. The van der Waals surface area contributed by atoms with Crippen LogP contribution in [0.25, 0.3) is 0 Å². The number of halogens is 2. The summed E-state index contributed by atoms with van der Waals surface area (Å²) in [4.78, 5) is 10.9. The zero-order valence-electron chi connectivity index (χ0n) is 30.7. The molecule has 0 amide bonds. The Bertz CT molecular complexity index is 2020. The summed E-state index contributed by atoms with van der Waals surface area (Å²) in [6, 6.07) is 54.5. The third-order valence-electron chi connectivity index (χ3n) is 10.6. The summed E-state index contributed by atoms with van der Waals surface area (Å²) in [7, 11) is 0. The van der Waals surface area contributed by atoms with E-state index in [1.165, 1.54) is 0 Å². The van der Waals surface area contributed by atoms with E-state index in [1.807, 2.05) is 0 Å². The van der Waals surface area contributed by atoms with Gasteiger partial charge in [-0.3, -0.25) is 0 Å². The Morgan fingerprint density at radius 1 is 0.407 bits per heavy atom. The molecule has 2 aliphatic heterocycles. The smallest absolute Gasteiger partial charge is 1.00 e. The minimum absolute atomic E-state index is 0. The van der Waals surface area contributed by atoms with Crippen LogP contribution >= 0.6 is 0 Å². The third kappa shape index (κ3) is 6.90. The van der Waals surface area contributed by atoms with Gasteiger partial charge in [-0.2, -0.15) is 0 Å². The molecule has 2 aliphatic rings. The van der Waals surface area contributed by atoms with Gasteiger partial charge in [0.2, 0.25) is 0 Å². The zero-order valence-corrected chi connectivity index (χ0v) is 33.2. The molecule has 0 saturated heterocycles. The minimum Gasteiger partial charge on any atom is -1.00 e. The van der Waals surface area contributed by atoms with E-state index in [2.05, 4.69) is 185 Å². The summed E-state index contributed by atoms with van der Waals surface area (Å²) in [5.74, 6) is 1.21. The first-order valence-corrected chi connectivity index (χ1v) is 17.8. The minimum atomic E-state index is -0.894. The largest absolute Gasteiger partial charge is 2.00 e. The molecule has 54 heavy (non-hydrogen) atoms. The van der Waals surface area contributed by atoms with Gasteiger partial charge in [0.1, 0.15) is 12.1 Å². The summed E-state index contributed by atoms with van der Waals surface area (Å²) in [5, 5.41) is 0. The van der Waals surface area contributed by atoms with Gasteiger partial charge in [0, 0.05) is 22.3 Å². The van der Waals surface area contributed by atoms with E-state index in [0.717, 1.165) is 55.6 Å². The average Bonchev–Trinajstić information content (AvgIpc) is 3.73. The summed E-state index contributed by atoms with van der Waals surface area (Å²) in [6.45, 7) is 8.64. The van der Waals surface area contributed by atoms with E-state index >= 15 is 0 Å². The Morgan fingerprint density at radius 2 is 0.667 bits per heavy atom. The monoisotopic (exact) mass is 794 g/mol. The molecule has 0 aliphatic carbocycles. The van der Waals surface area contributed by atoms with Crippen LogP contribution in [0.1, 0.15) is 74.1 Å². The van der Waals surface area contributed by atoms with Crippen LogP contribution in [0.4, 0.5) is 0 Å². The summed E-state index contributed by atoms with van der Waals surface area (Å²) in [6.07, 6.45) is 0.311.